The molecule has 0 N–H and O–H groups in total. The molecule has 2 aliphatic heterocycles. The second-order valence-electron chi connectivity index (χ2n) is 6.71. The number of aryl methyl sites for hydroxylation is 1. The Morgan fingerprint density at radius 2 is 2.17 bits per heavy atom. The number of amides is 2. The molecule has 1 aliphatic carbocycles. The summed E-state index contributed by atoms with van der Waals surface area (Å²) in [6.07, 6.45) is 7.05. The number of ether oxygens (including phenoxy) is 1. The van der Waals surface area contributed by atoms with Crippen LogP contribution in [-0.2, 0) is 21.4 Å². The highest BCUT2D eigenvalue weighted by Gasteiger charge is 2.44. The molecule has 124 valence electrons. The Morgan fingerprint density at radius 3 is 2.87 bits per heavy atom. The molecule has 2 atom stereocenters. The molecule has 0 radical (unpaired) electrons. The normalized spacial score (nSPS) is 28.5. The van der Waals surface area contributed by atoms with Crippen molar-refractivity contribution in [1.29, 1.82) is 0 Å². The number of carbonyl (C=O) groups is 2. The van der Waals surface area contributed by atoms with Crippen molar-refractivity contribution in [2.75, 3.05) is 19.8 Å². The molecule has 0 unspecified atom stereocenters. The molecule has 1 aromatic rings. The highest BCUT2D eigenvalue weighted by molar-refractivity contribution is 5.89. The van der Waals surface area contributed by atoms with Crippen LogP contribution in [0.3, 0.4) is 0 Å². The molecule has 0 aromatic carbocycles. The van der Waals surface area contributed by atoms with Crippen molar-refractivity contribution in [3.63, 3.8) is 0 Å². The summed E-state index contributed by atoms with van der Waals surface area (Å²) < 4.78 is 7.79. The summed E-state index contributed by atoms with van der Waals surface area (Å²) in [4.78, 5) is 33.0. The van der Waals surface area contributed by atoms with Crippen LogP contribution in [0.15, 0.2) is 12.4 Å². The van der Waals surface area contributed by atoms with Gasteiger partial charge in [-0.3, -0.25) is 9.59 Å². The Balaban J connectivity index is 1.52. The van der Waals surface area contributed by atoms with Gasteiger partial charge in [-0.05, 0) is 25.7 Å². The molecule has 0 spiro atoms. The highest BCUT2D eigenvalue weighted by Crippen LogP contribution is 2.35. The fourth-order valence-electron chi connectivity index (χ4n) is 3.59. The molecular formula is C16H22N4O3. The molecule has 1 aromatic heterocycles. The van der Waals surface area contributed by atoms with Gasteiger partial charge < -0.3 is 19.1 Å². The average Bonchev–Trinajstić information content (AvgIpc) is 3.20. The standard InChI is InChI=1S/C16H22N4O3/c1-18-7-6-17-15(18)14-12(3-2-8-23-14)16(22)19-9-13(21)20(10-19)11-4-5-11/h6-7,11-12,14H,2-5,8-10H2,1H3/t12-,14-/m1/s1. The van der Waals surface area contributed by atoms with Crippen LogP contribution in [-0.4, -0.2) is 57.0 Å². The molecule has 3 fully saturated rings. The van der Waals surface area contributed by atoms with E-state index >= 15 is 0 Å². The first-order valence-electron chi connectivity index (χ1n) is 8.32. The summed E-state index contributed by atoms with van der Waals surface area (Å²) in [5.74, 6) is 0.629. The SMILES string of the molecule is Cn1ccnc1[C@@H]1OCCC[C@H]1C(=O)N1CC(=O)N(C2CC2)C1. The molecular weight excluding hydrogens is 296 g/mol. The fraction of sp³-hybridized carbons (Fsp3) is 0.688. The molecule has 2 amide bonds. The molecule has 0 bridgehead atoms. The van der Waals surface area contributed by atoms with E-state index in [0.29, 0.717) is 19.3 Å². The smallest absolute Gasteiger partial charge is 0.243 e. The van der Waals surface area contributed by atoms with Gasteiger partial charge in [-0.25, -0.2) is 4.98 Å². The van der Waals surface area contributed by atoms with Crippen molar-refractivity contribution >= 4 is 11.8 Å². The minimum absolute atomic E-state index is 0.0224. The van der Waals surface area contributed by atoms with E-state index < -0.39 is 0 Å². The van der Waals surface area contributed by atoms with Crippen molar-refractivity contribution in [2.24, 2.45) is 13.0 Å². The Labute approximate surface area is 135 Å². The maximum Gasteiger partial charge on any atom is 0.243 e. The number of imidazole rings is 1. The van der Waals surface area contributed by atoms with Crippen LogP contribution in [0.2, 0.25) is 0 Å². The van der Waals surface area contributed by atoms with E-state index in [1.807, 2.05) is 22.7 Å². The second-order valence-corrected chi connectivity index (χ2v) is 6.71. The van der Waals surface area contributed by atoms with Crippen LogP contribution in [0.5, 0.6) is 0 Å². The van der Waals surface area contributed by atoms with Gasteiger partial charge in [0.15, 0.2) is 0 Å². The third-order valence-electron chi connectivity index (χ3n) is 5.02. The number of nitrogens with zero attached hydrogens (tertiary/aromatic N) is 4. The monoisotopic (exact) mass is 318 g/mol. The average molecular weight is 318 g/mol. The predicted octanol–water partition coefficient (Wildman–Crippen LogP) is 0.678. The lowest BCUT2D eigenvalue weighted by Gasteiger charge is -2.32. The van der Waals surface area contributed by atoms with Gasteiger partial charge in [0, 0.05) is 32.1 Å². The minimum atomic E-state index is -0.318. The molecule has 3 heterocycles. The maximum absolute atomic E-state index is 13.0. The quantitative estimate of drug-likeness (QED) is 0.822. The summed E-state index contributed by atoms with van der Waals surface area (Å²) >= 11 is 0. The number of hydrogen-bond acceptors (Lipinski definition) is 4. The Kier molecular flexibility index (Phi) is 3.60. The van der Waals surface area contributed by atoms with E-state index in [1.54, 1.807) is 11.1 Å². The van der Waals surface area contributed by atoms with Crippen molar-refractivity contribution in [2.45, 2.75) is 37.8 Å². The second kappa shape index (κ2) is 5.63. The van der Waals surface area contributed by atoms with Crippen LogP contribution in [0.4, 0.5) is 0 Å². The van der Waals surface area contributed by atoms with Crippen LogP contribution < -0.4 is 0 Å². The summed E-state index contributed by atoms with van der Waals surface area (Å²) in [5, 5.41) is 0. The Bertz CT molecular complexity index is 625. The third-order valence-corrected chi connectivity index (χ3v) is 5.02. The van der Waals surface area contributed by atoms with E-state index in [9.17, 15) is 9.59 Å². The predicted molar refractivity (Wildman–Crippen MR) is 81.1 cm³/mol. The van der Waals surface area contributed by atoms with Crippen molar-refractivity contribution < 1.29 is 14.3 Å². The summed E-state index contributed by atoms with van der Waals surface area (Å²) in [6.45, 7) is 1.29. The molecule has 3 aliphatic rings. The van der Waals surface area contributed by atoms with Gasteiger partial charge in [-0.1, -0.05) is 0 Å². The van der Waals surface area contributed by atoms with Crippen LogP contribution in [0.1, 0.15) is 37.6 Å². The van der Waals surface area contributed by atoms with E-state index in [-0.39, 0.29) is 30.4 Å². The lowest BCUT2D eigenvalue weighted by Crippen LogP contribution is -2.41. The first-order valence-corrected chi connectivity index (χ1v) is 8.32. The van der Waals surface area contributed by atoms with E-state index in [4.69, 9.17) is 4.74 Å². The van der Waals surface area contributed by atoms with Gasteiger partial charge in [-0.2, -0.15) is 0 Å². The molecule has 7 nitrogen and oxygen atoms in total. The maximum atomic E-state index is 13.0. The molecule has 1 saturated carbocycles. The number of hydrogen-bond donors (Lipinski definition) is 0. The topological polar surface area (TPSA) is 67.7 Å². The van der Waals surface area contributed by atoms with Crippen molar-refractivity contribution in [3.05, 3.63) is 18.2 Å². The summed E-state index contributed by atoms with van der Waals surface area (Å²) in [7, 11) is 1.91. The lowest BCUT2D eigenvalue weighted by molar-refractivity contribution is -0.146. The third kappa shape index (κ3) is 2.63. The summed E-state index contributed by atoms with van der Waals surface area (Å²) in [5.41, 5.74) is 0. The van der Waals surface area contributed by atoms with Gasteiger partial charge in [0.1, 0.15) is 18.5 Å². The lowest BCUT2D eigenvalue weighted by atomic mass is 9.92. The van der Waals surface area contributed by atoms with Crippen LogP contribution in [0, 0.1) is 5.92 Å². The van der Waals surface area contributed by atoms with Gasteiger partial charge in [0.2, 0.25) is 11.8 Å². The van der Waals surface area contributed by atoms with E-state index in [1.165, 1.54) is 0 Å². The molecule has 7 heteroatoms. The number of aromatic nitrogens is 2. The van der Waals surface area contributed by atoms with Crippen molar-refractivity contribution in [1.82, 2.24) is 19.4 Å². The number of rotatable bonds is 3. The molecule has 2 saturated heterocycles. The first kappa shape index (κ1) is 14.7. The molecule has 4 rings (SSSR count). The highest BCUT2D eigenvalue weighted by atomic mass is 16.5. The minimum Gasteiger partial charge on any atom is -0.369 e. The summed E-state index contributed by atoms with van der Waals surface area (Å²) in [6, 6.07) is 0.355. The number of carbonyl (C=O) groups excluding carboxylic acids is 2. The Morgan fingerprint density at radius 1 is 1.35 bits per heavy atom. The van der Waals surface area contributed by atoms with Gasteiger partial charge >= 0.3 is 0 Å². The van der Waals surface area contributed by atoms with E-state index in [2.05, 4.69) is 4.98 Å². The van der Waals surface area contributed by atoms with Gasteiger partial charge in [0.25, 0.3) is 0 Å². The largest absolute Gasteiger partial charge is 0.369 e. The zero-order valence-electron chi connectivity index (χ0n) is 13.4. The van der Waals surface area contributed by atoms with Crippen LogP contribution >= 0.6 is 0 Å². The zero-order chi connectivity index (χ0) is 16.0. The fourth-order valence-corrected chi connectivity index (χ4v) is 3.59. The zero-order valence-corrected chi connectivity index (χ0v) is 13.4. The molecule has 23 heavy (non-hydrogen) atoms. The van der Waals surface area contributed by atoms with Gasteiger partial charge in [-0.15, -0.1) is 0 Å². The van der Waals surface area contributed by atoms with Crippen molar-refractivity contribution in [3.8, 4) is 0 Å². The Hall–Kier alpha value is -1.89. The first-order chi connectivity index (χ1) is 11.1. The van der Waals surface area contributed by atoms with E-state index in [0.717, 1.165) is 31.5 Å². The van der Waals surface area contributed by atoms with Gasteiger partial charge in [0.05, 0.1) is 12.6 Å². The van der Waals surface area contributed by atoms with Crippen LogP contribution in [0.25, 0.3) is 0 Å².